The number of hydrogen-bond acceptors (Lipinski definition) is 4. The van der Waals surface area contributed by atoms with Crippen molar-refractivity contribution >= 4 is 17.2 Å². The molecular formula is C21H32N2O3S. The molecule has 27 heavy (non-hydrogen) atoms. The highest BCUT2D eigenvalue weighted by Crippen LogP contribution is 2.67. The Balaban J connectivity index is 1.71. The highest BCUT2D eigenvalue weighted by atomic mass is 32.1. The molecule has 4 aliphatic carbocycles. The summed E-state index contributed by atoms with van der Waals surface area (Å²) < 4.78 is 7.34. The van der Waals surface area contributed by atoms with Crippen molar-refractivity contribution in [1.29, 1.82) is 0 Å². The van der Waals surface area contributed by atoms with Crippen LogP contribution in [0.4, 0.5) is 0 Å². The van der Waals surface area contributed by atoms with Gasteiger partial charge in [0.15, 0.2) is 4.80 Å². The summed E-state index contributed by atoms with van der Waals surface area (Å²) in [6.45, 7) is 7.68. The molecule has 4 saturated carbocycles. The van der Waals surface area contributed by atoms with Crippen molar-refractivity contribution in [3.8, 4) is 0 Å². The number of thiazole rings is 1. The second-order valence-electron chi connectivity index (χ2n) is 9.45. The molecule has 4 bridgehead atoms. The minimum absolute atomic E-state index is 0.00438. The first kappa shape index (κ1) is 19.3. The Morgan fingerprint density at radius 1 is 1.30 bits per heavy atom. The highest BCUT2D eigenvalue weighted by Gasteiger charge is 2.64. The molecule has 0 aliphatic heterocycles. The highest BCUT2D eigenvalue weighted by molar-refractivity contribution is 7.09. The van der Waals surface area contributed by atoms with E-state index in [-0.39, 0.29) is 11.3 Å². The number of rotatable bonds is 5. The van der Waals surface area contributed by atoms with Crippen molar-refractivity contribution in [1.82, 2.24) is 4.57 Å². The van der Waals surface area contributed by atoms with Gasteiger partial charge >= 0.3 is 0 Å². The molecule has 1 aromatic rings. The largest absolute Gasteiger partial charge is 0.390 e. The lowest BCUT2D eigenvalue weighted by molar-refractivity contribution is -0.202. The van der Waals surface area contributed by atoms with E-state index in [0.29, 0.717) is 25.5 Å². The monoisotopic (exact) mass is 392 g/mol. The number of aromatic nitrogens is 1. The van der Waals surface area contributed by atoms with Crippen molar-refractivity contribution < 1.29 is 14.6 Å². The predicted octanol–water partition coefficient (Wildman–Crippen LogP) is 3.35. The van der Waals surface area contributed by atoms with E-state index in [1.54, 1.807) is 18.4 Å². The van der Waals surface area contributed by atoms with E-state index in [0.717, 1.165) is 42.6 Å². The lowest BCUT2D eigenvalue weighted by Crippen LogP contribution is -2.62. The van der Waals surface area contributed by atoms with Gasteiger partial charge in [-0.25, -0.2) is 0 Å². The number of aryl methyl sites for hydroxylation is 1. The van der Waals surface area contributed by atoms with Crippen LogP contribution < -0.4 is 4.80 Å². The van der Waals surface area contributed by atoms with E-state index in [1.807, 2.05) is 0 Å². The first-order chi connectivity index (χ1) is 12.7. The normalized spacial score (nSPS) is 38.0. The fourth-order valence-electron chi connectivity index (χ4n) is 6.55. The van der Waals surface area contributed by atoms with Crippen molar-refractivity contribution in [3.05, 3.63) is 15.4 Å². The van der Waals surface area contributed by atoms with Gasteiger partial charge in [0.1, 0.15) is 0 Å². The minimum Gasteiger partial charge on any atom is -0.390 e. The van der Waals surface area contributed by atoms with E-state index < -0.39 is 11.0 Å². The molecule has 1 amide bonds. The third-order valence-electron chi connectivity index (χ3n) is 7.46. The maximum Gasteiger partial charge on any atom is 0.254 e. The molecule has 1 aromatic heterocycles. The number of carbonyl (C=O) groups is 1. The van der Waals surface area contributed by atoms with Crippen LogP contribution in [0.25, 0.3) is 0 Å². The second-order valence-corrected chi connectivity index (χ2v) is 10.6. The summed E-state index contributed by atoms with van der Waals surface area (Å²) in [5, 5.41) is 11.2. The zero-order chi connectivity index (χ0) is 19.4. The Hall–Kier alpha value is -0.980. The Morgan fingerprint density at radius 3 is 2.74 bits per heavy atom. The molecule has 4 atom stereocenters. The lowest BCUT2D eigenvalue weighted by Gasteiger charge is -2.64. The molecule has 5 nitrogen and oxygen atoms in total. The number of amides is 1. The van der Waals surface area contributed by atoms with Gasteiger partial charge < -0.3 is 14.4 Å². The standard InChI is InChI=1S/C21H32N2O3S/c1-5-19-8-16-9-20(11-19,13-21(25,10-16)12-19)17(24)22-18-23(6-7-26-4)14(2)15(3)27-18/h16,25H,5-13H2,1-4H3. The summed E-state index contributed by atoms with van der Waals surface area (Å²) >= 11 is 1.59. The maximum absolute atomic E-state index is 13.5. The van der Waals surface area contributed by atoms with Gasteiger partial charge in [0.05, 0.1) is 17.6 Å². The zero-order valence-electron chi connectivity index (χ0n) is 17.0. The first-order valence-corrected chi connectivity index (χ1v) is 11.0. The molecule has 0 radical (unpaired) electrons. The Labute approximate surface area is 165 Å². The number of aliphatic hydroxyl groups is 1. The van der Waals surface area contributed by atoms with Crippen molar-refractivity contribution in [3.63, 3.8) is 0 Å². The van der Waals surface area contributed by atoms with Gasteiger partial charge in [-0.05, 0) is 63.7 Å². The molecule has 0 aromatic carbocycles. The lowest BCUT2D eigenvalue weighted by atomic mass is 9.42. The molecule has 6 heteroatoms. The molecule has 4 unspecified atom stereocenters. The van der Waals surface area contributed by atoms with Gasteiger partial charge in [-0.15, -0.1) is 11.3 Å². The molecule has 1 heterocycles. The van der Waals surface area contributed by atoms with Gasteiger partial charge in [-0.1, -0.05) is 13.3 Å². The van der Waals surface area contributed by atoms with E-state index in [1.165, 1.54) is 11.3 Å². The molecule has 1 N–H and O–H groups in total. The van der Waals surface area contributed by atoms with Gasteiger partial charge in [0.25, 0.3) is 5.91 Å². The smallest absolute Gasteiger partial charge is 0.254 e. The zero-order valence-corrected chi connectivity index (χ0v) is 17.8. The molecule has 4 aliphatic rings. The summed E-state index contributed by atoms with van der Waals surface area (Å²) in [5.74, 6) is 0.466. The summed E-state index contributed by atoms with van der Waals surface area (Å²) in [4.78, 5) is 20.1. The molecule has 5 rings (SSSR count). The Morgan fingerprint density at radius 2 is 2.07 bits per heavy atom. The van der Waals surface area contributed by atoms with Crippen molar-refractivity contribution in [2.24, 2.45) is 21.7 Å². The Kier molecular flexibility index (Phi) is 4.68. The fourth-order valence-corrected chi connectivity index (χ4v) is 7.55. The van der Waals surface area contributed by atoms with Crippen molar-refractivity contribution in [2.75, 3.05) is 13.7 Å². The minimum atomic E-state index is -0.659. The van der Waals surface area contributed by atoms with Crippen LogP contribution in [0.5, 0.6) is 0 Å². The van der Waals surface area contributed by atoms with Crippen LogP contribution in [0, 0.1) is 30.6 Å². The molecule has 0 saturated heterocycles. The van der Waals surface area contributed by atoms with E-state index in [4.69, 9.17) is 4.74 Å². The predicted molar refractivity (Wildman–Crippen MR) is 106 cm³/mol. The second kappa shape index (κ2) is 6.53. The SMILES string of the molecule is CCC12CC3CC(O)(C1)CC(C(=O)N=c1sc(C)c(C)n1CCOC)(C3)C2. The maximum atomic E-state index is 13.5. The molecule has 4 fully saturated rings. The molecular weight excluding hydrogens is 360 g/mol. The van der Waals surface area contributed by atoms with Gasteiger partial charge in [-0.2, -0.15) is 4.99 Å². The van der Waals surface area contributed by atoms with E-state index >= 15 is 0 Å². The third kappa shape index (κ3) is 3.14. The van der Waals surface area contributed by atoms with Crippen LogP contribution in [-0.4, -0.2) is 34.9 Å². The van der Waals surface area contributed by atoms with Crippen LogP contribution >= 0.6 is 11.3 Å². The van der Waals surface area contributed by atoms with Crippen LogP contribution in [0.1, 0.15) is 62.4 Å². The van der Waals surface area contributed by atoms with Crippen LogP contribution in [0.2, 0.25) is 0 Å². The van der Waals surface area contributed by atoms with E-state index in [9.17, 15) is 9.90 Å². The number of carbonyl (C=O) groups excluding carboxylic acids is 1. The number of hydrogen-bond donors (Lipinski definition) is 1. The average Bonchev–Trinajstić information content (AvgIpc) is 2.84. The summed E-state index contributed by atoms with van der Waals surface area (Å²) in [6, 6.07) is 0. The van der Waals surface area contributed by atoms with Crippen LogP contribution in [0.3, 0.4) is 0 Å². The fraction of sp³-hybridized carbons (Fsp3) is 0.810. The first-order valence-electron chi connectivity index (χ1n) is 10.2. The van der Waals surface area contributed by atoms with Gasteiger partial charge in [0, 0.05) is 24.2 Å². The van der Waals surface area contributed by atoms with E-state index in [2.05, 4.69) is 30.3 Å². The number of nitrogens with zero attached hydrogens (tertiary/aromatic N) is 2. The number of ether oxygens (including phenoxy) is 1. The number of methoxy groups -OCH3 is 1. The third-order valence-corrected chi connectivity index (χ3v) is 8.56. The Bertz CT molecular complexity index is 828. The summed E-state index contributed by atoms with van der Waals surface area (Å²) in [7, 11) is 1.69. The summed E-state index contributed by atoms with van der Waals surface area (Å²) in [6.07, 6.45) is 6.36. The van der Waals surface area contributed by atoms with Gasteiger partial charge in [0.2, 0.25) is 0 Å². The summed E-state index contributed by atoms with van der Waals surface area (Å²) in [5.41, 5.74) is 0.160. The molecule has 0 spiro atoms. The van der Waals surface area contributed by atoms with Crippen LogP contribution in [-0.2, 0) is 16.1 Å². The topological polar surface area (TPSA) is 63.8 Å². The van der Waals surface area contributed by atoms with Crippen molar-refractivity contribution in [2.45, 2.75) is 77.9 Å². The average molecular weight is 393 g/mol. The molecule has 150 valence electrons. The van der Waals surface area contributed by atoms with Gasteiger partial charge in [-0.3, -0.25) is 4.79 Å². The quantitative estimate of drug-likeness (QED) is 0.836. The van der Waals surface area contributed by atoms with Crippen LogP contribution in [0.15, 0.2) is 4.99 Å².